The SMILES string of the molecule is CC(C)(C)c1nc2cc(S(=O)(=O)n3cc(C(=O)O)cn3)ccc2n1CC1CCC(F)(F)CC1.CNC(=O)c1cnn(S(=O)(=O)c2ccc3c(c2)nc(C(C)(C)C)n3CC2CCC(F)(F)CC2)c1. The van der Waals surface area contributed by atoms with Crippen molar-refractivity contribution in [1.29, 1.82) is 0 Å². The molecule has 1 amide bonds. The predicted molar refractivity (Wildman–Crippen MR) is 241 cm³/mol. The third kappa shape index (κ3) is 10.4. The fourth-order valence-corrected chi connectivity index (χ4v) is 10.9. The summed E-state index contributed by atoms with van der Waals surface area (Å²) in [6.07, 6.45) is 5.52. The molecule has 6 aromatic rings. The molecule has 22 heteroatoms. The van der Waals surface area contributed by atoms with Gasteiger partial charge in [0.2, 0.25) is 11.8 Å². The maximum absolute atomic E-state index is 13.6. The van der Waals surface area contributed by atoms with Crippen LogP contribution in [0.1, 0.15) is 125 Å². The summed E-state index contributed by atoms with van der Waals surface area (Å²) in [4.78, 5) is 32.2. The highest BCUT2D eigenvalue weighted by Crippen LogP contribution is 2.40. The van der Waals surface area contributed by atoms with Gasteiger partial charge in [-0.25, -0.2) is 32.3 Å². The topological polar surface area (TPSA) is 206 Å². The van der Waals surface area contributed by atoms with Gasteiger partial charge in [-0.15, -0.1) is 0 Å². The first-order valence-electron chi connectivity index (χ1n) is 21.9. The van der Waals surface area contributed by atoms with E-state index in [0.717, 1.165) is 45.4 Å². The summed E-state index contributed by atoms with van der Waals surface area (Å²) >= 11 is 0. The quantitative estimate of drug-likeness (QED) is 0.125. The van der Waals surface area contributed by atoms with Crippen molar-refractivity contribution in [1.82, 2.24) is 42.8 Å². The van der Waals surface area contributed by atoms with Gasteiger partial charge in [-0.2, -0.15) is 35.2 Å². The van der Waals surface area contributed by atoms with E-state index in [2.05, 4.69) is 15.5 Å². The van der Waals surface area contributed by atoms with E-state index >= 15 is 0 Å². The zero-order valence-corrected chi connectivity index (χ0v) is 39.9. The average Bonchev–Trinajstić information content (AvgIpc) is 4.08. The Balaban J connectivity index is 0.000000199. The summed E-state index contributed by atoms with van der Waals surface area (Å²) in [5.41, 5.74) is 1.66. The second-order valence-corrected chi connectivity index (χ2v) is 23.2. The number of nitrogens with zero attached hydrogens (tertiary/aromatic N) is 8. The first-order chi connectivity index (χ1) is 31.1. The maximum atomic E-state index is 13.6. The number of hydrogen-bond acceptors (Lipinski definition) is 10. The van der Waals surface area contributed by atoms with Gasteiger partial charge in [0.1, 0.15) is 11.6 Å². The van der Waals surface area contributed by atoms with Crippen LogP contribution in [0.25, 0.3) is 22.1 Å². The van der Waals surface area contributed by atoms with Crippen LogP contribution in [-0.2, 0) is 44.0 Å². The number of aromatic nitrogens is 8. The minimum absolute atomic E-state index is 0.00558. The van der Waals surface area contributed by atoms with Crippen molar-refractivity contribution >= 4 is 54.0 Å². The third-order valence-corrected chi connectivity index (χ3v) is 15.4. The smallest absolute Gasteiger partial charge is 0.338 e. The fraction of sp³-hybridized carbons (Fsp3) is 0.511. The van der Waals surface area contributed by atoms with Crippen LogP contribution in [-0.4, -0.2) is 90.2 Å². The molecular weight excluding hydrogens is 919 g/mol. The van der Waals surface area contributed by atoms with Crippen molar-refractivity contribution < 1.29 is 49.1 Å². The largest absolute Gasteiger partial charge is 0.478 e. The molecule has 0 atom stereocenters. The number of rotatable bonds is 10. The Bertz CT molecular complexity index is 3050. The summed E-state index contributed by atoms with van der Waals surface area (Å²) in [5, 5.41) is 19.0. The van der Waals surface area contributed by atoms with Crippen LogP contribution in [0, 0.1) is 11.8 Å². The minimum Gasteiger partial charge on any atom is -0.478 e. The summed E-state index contributed by atoms with van der Waals surface area (Å²) in [7, 11) is -6.70. The molecule has 0 unspecified atom stereocenters. The molecule has 0 radical (unpaired) electrons. The third-order valence-electron chi connectivity index (χ3n) is 12.3. The van der Waals surface area contributed by atoms with Crippen molar-refractivity contribution in [2.75, 3.05) is 7.05 Å². The number of fused-ring (bicyclic) bond motifs is 2. The molecule has 2 fully saturated rings. The van der Waals surface area contributed by atoms with Crippen LogP contribution < -0.4 is 5.32 Å². The van der Waals surface area contributed by atoms with Crippen molar-refractivity contribution in [3.05, 3.63) is 84.0 Å². The normalized spacial score (nSPS) is 17.4. The Morgan fingerprint density at radius 1 is 0.672 bits per heavy atom. The van der Waals surface area contributed by atoms with Gasteiger partial charge in [0.15, 0.2) is 0 Å². The number of carboxylic acid groups (broad SMARTS) is 1. The summed E-state index contributed by atoms with van der Waals surface area (Å²) in [6.45, 7) is 13.1. The lowest BCUT2D eigenvalue weighted by Crippen LogP contribution is -2.28. The van der Waals surface area contributed by atoms with Crippen LogP contribution in [0.2, 0.25) is 0 Å². The standard InChI is InChI=1S/C23H29F2N5O3S.C22H26F2N4O4S/c1-22(2,3)21-28-18-11-17(34(32,33)30-14-16(12-27-30)20(31)26-4)5-6-19(18)29(21)13-15-7-9-23(24,25)10-8-15;1-21(2,3)20-26-17-10-16(33(31,32)28-13-15(11-25-28)19(29)30)4-5-18(17)27(20)12-14-6-8-22(23,24)9-7-14/h5-6,11-12,14-15H,7-10,13H2,1-4H3,(H,26,31);4-5,10-11,13-14H,6-9,12H2,1-3H3,(H,29,30). The van der Waals surface area contributed by atoms with Gasteiger partial charge < -0.3 is 19.6 Å². The number of imidazole rings is 2. The number of alkyl halides is 4. The Morgan fingerprint density at radius 3 is 1.39 bits per heavy atom. The van der Waals surface area contributed by atoms with Crippen molar-refractivity contribution in [3.8, 4) is 0 Å². The van der Waals surface area contributed by atoms with E-state index in [1.54, 1.807) is 12.1 Å². The molecule has 67 heavy (non-hydrogen) atoms. The van der Waals surface area contributed by atoms with Gasteiger partial charge in [0.05, 0.1) is 67.8 Å². The molecule has 2 aliphatic carbocycles. The molecule has 0 bridgehead atoms. The van der Waals surface area contributed by atoms with Gasteiger partial charge in [-0.3, -0.25) is 4.79 Å². The second kappa shape index (κ2) is 17.8. The van der Waals surface area contributed by atoms with Crippen LogP contribution in [0.3, 0.4) is 0 Å². The van der Waals surface area contributed by atoms with Gasteiger partial charge >= 0.3 is 5.97 Å². The zero-order chi connectivity index (χ0) is 49.1. The Hall–Kier alpha value is -5.64. The van der Waals surface area contributed by atoms with Crippen molar-refractivity contribution in [3.63, 3.8) is 0 Å². The van der Waals surface area contributed by atoms with Gasteiger partial charge in [-0.05, 0) is 73.9 Å². The first kappa shape index (κ1) is 49.3. The van der Waals surface area contributed by atoms with Crippen LogP contribution in [0.5, 0.6) is 0 Å². The average molecular weight is 974 g/mol. The zero-order valence-electron chi connectivity index (χ0n) is 38.3. The number of nitrogens with one attached hydrogen (secondary N) is 1. The number of halogens is 4. The van der Waals surface area contributed by atoms with Gasteiger partial charge in [0.25, 0.3) is 26.0 Å². The Kier molecular flexibility index (Phi) is 13.1. The second-order valence-electron chi connectivity index (χ2n) is 19.6. The van der Waals surface area contributed by atoms with Crippen molar-refractivity contribution in [2.45, 2.75) is 138 Å². The number of carboxylic acids is 1. The van der Waals surface area contributed by atoms with Crippen LogP contribution in [0.4, 0.5) is 17.6 Å². The van der Waals surface area contributed by atoms with E-state index in [-0.39, 0.29) is 69.3 Å². The van der Waals surface area contributed by atoms with Crippen LogP contribution in [0.15, 0.2) is 71.0 Å². The number of benzene rings is 2. The highest BCUT2D eigenvalue weighted by Gasteiger charge is 2.37. The molecule has 0 aliphatic heterocycles. The lowest BCUT2D eigenvalue weighted by Gasteiger charge is -2.30. The Labute approximate surface area is 385 Å². The fourth-order valence-electron chi connectivity index (χ4n) is 8.60. The van der Waals surface area contributed by atoms with Crippen molar-refractivity contribution in [2.24, 2.45) is 11.8 Å². The lowest BCUT2D eigenvalue weighted by atomic mass is 9.86. The molecule has 2 N–H and O–H groups in total. The number of carbonyl (C=O) groups excluding carboxylic acids is 1. The predicted octanol–water partition coefficient (Wildman–Crippen LogP) is 8.24. The van der Waals surface area contributed by atoms with Crippen LogP contribution >= 0.6 is 0 Å². The Morgan fingerprint density at radius 2 is 1.04 bits per heavy atom. The first-order valence-corrected chi connectivity index (χ1v) is 24.8. The number of hydrogen-bond donors (Lipinski definition) is 2. The molecule has 16 nitrogen and oxygen atoms in total. The monoisotopic (exact) mass is 973 g/mol. The van der Waals surface area contributed by atoms with Gasteiger partial charge in [-0.1, -0.05) is 41.5 Å². The summed E-state index contributed by atoms with van der Waals surface area (Å²) in [5.74, 6) is -5.19. The highest BCUT2D eigenvalue weighted by atomic mass is 32.2. The maximum Gasteiger partial charge on any atom is 0.338 e. The molecule has 0 spiro atoms. The molecule has 4 aromatic heterocycles. The number of carbonyl (C=O) groups is 2. The molecular formula is C45H55F4N9O7S2. The summed E-state index contributed by atoms with van der Waals surface area (Å²) in [6, 6.07) is 9.20. The van der Waals surface area contributed by atoms with E-state index in [1.807, 2.05) is 50.7 Å². The minimum atomic E-state index is -4.11. The summed E-state index contributed by atoms with van der Waals surface area (Å²) < 4.78 is 112. The lowest BCUT2D eigenvalue weighted by molar-refractivity contribution is -0.0478. The molecule has 8 rings (SSSR count). The van der Waals surface area contributed by atoms with E-state index in [4.69, 9.17) is 15.1 Å². The molecule has 0 saturated heterocycles. The molecule has 2 saturated carbocycles. The molecule has 2 aromatic carbocycles. The van der Waals surface area contributed by atoms with E-state index in [9.17, 15) is 44.0 Å². The molecule has 2 aliphatic rings. The van der Waals surface area contributed by atoms with E-state index in [1.165, 1.54) is 37.5 Å². The number of aromatic carboxylic acids is 1. The molecule has 362 valence electrons. The molecule has 4 heterocycles. The van der Waals surface area contributed by atoms with Gasteiger partial charge in [0, 0.05) is 56.7 Å². The van der Waals surface area contributed by atoms with E-state index < -0.39 is 43.8 Å². The number of amides is 1. The van der Waals surface area contributed by atoms with E-state index in [0.29, 0.717) is 53.9 Å². The highest BCUT2D eigenvalue weighted by molar-refractivity contribution is 7.90.